The van der Waals surface area contributed by atoms with Crippen LogP contribution in [0.25, 0.3) is 0 Å². The van der Waals surface area contributed by atoms with Gasteiger partial charge in [-0.25, -0.2) is 8.42 Å². The minimum absolute atomic E-state index is 0.0182. The van der Waals surface area contributed by atoms with E-state index in [0.29, 0.717) is 5.82 Å². The highest BCUT2D eigenvalue weighted by Crippen LogP contribution is 2.39. The molecule has 0 aromatic carbocycles. The van der Waals surface area contributed by atoms with Crippen molar-refractivity contribution in [1.29, 1.82) is 0 Å². The zero-order chi connectivity index (χ0) is 13.7. The van der Waals surface area contributed by atoms with Gasteiger partial charge in [0.15, 0.2) is 0 Å². The molecule has 0 bridgehead atoms. The number of ether oxygens (including phenoxy) is 1. The van der Waals surface area contributed by atoms with E-state index in [2.05, 4.69) is 17.1 Å². The Balaban J connectivity index is 2.45. The van der Waals surface area contributed by atoms with Crippen molar-refractivity contribution in [3.05, 3.63) is 5.82 Å². The van der Waals surface area contributed by atoms with E-state index in [1.54, 1.807) is 7.05 Å². The summed E-state index contributed by atoms with van der Waals surface area (Å²) in [4.78, 5) is 0. The van der Waals surface area contributed by atoms with Crippen molar-refractivity contribution >= 4 is 19.7 Å². The van der Waals surface area contributed by atoms with Gasteiger partial charge in [0, 0.05) is 17.7 Å². The van der Waals surface area contributed by atoms with Gasteiger partial charge in [-0.1, -0.05) is 6.92 Å². The van der Waals surface area contributed by atoms with Crippen LogP contribution in [0.1, 0.15) is 32.5 Å². The Morgan fingerprint density at radius 3 is 2.22 bits per heavy atom. The molecule has 1 aliphatic rings. The summed E-state index contributed by atoms with van der Waals surface area (Å²) in [5.41, 5.74) is 0. The average molecular weight is 294 g/mol. The Hall–Kier alpha value is -0.660. The number of nitrogens with zero attached hydrogens (tertiary/aromatic N) is 3. The lowest BCUT2D eigenvalue weighted by Crippen LogP contribution is -2.19. The molecule has 1 fully saturated rings. The number of hydrogen-bond acceptors (Lipinski definition) is 5. The van der Waals surface area contributed by atoms with Gasteiger partial charge < -0.3 is 9.30 Å². The van der Waals surface area contributed by atoms with Gasteiger partial charge in [-0.05, 0) is 19.8 Å². The van der Waals surface area contributed by atoms with Gasteiger partial charge in [0.25, 0.3) is 14.2 Å². The topological polar surface area (TPSA) is 74.1 Å². The van der Waals surface area contributed by atoms with E-state index in [1.165, 1.54) is 4.57 Å². The molecule has 1 aliphatic heterocycles. The molecular formula is C10H16ClN3O3S. The summed E-state index contributed by atoms with van der Waals surface area (Å²) in [6, 6.07) is 0. The van der Waals surface area contributed by atoms with E-state index in [1.807, 2.05) is 13.8 Å². The summed E-state index contributed by atoms with van der Waals surface area (Å²) < 4.78 is 29.8. The van der Waals surface area contributed by atoms with Crippen LogP contribution < -0.4 is 0 Å². The first-order chi connectivity index (χ1) is 8.23. The van der Waals surface area contributed by atoms with Gasteiger partial charge in [-0.2, -0.15) is 0 Å². The first-order valence-electron chi connectivity index (χ1n) is 5.73. The van der Waals surface area contributed by atoms with Gasteiger partial charge in [0.05, 0.1) is 18.1 Å². The standard InChI is InChI=1S/C10H16ClN3O3S/c1-5-6(2)17-7(3)8(5)9-12-13-10(14(9)4)18(11,15)16/h5-8H,1-4H3. The summed E-state index contributed by atoms with van der Waals surface area (Å²) in [5.74, 6) is 0.858. The fraction of sp³-hybridized carbons (Fsp3) is 0.800. The van der Waals surface area contributed by atoms with E-state index in [9.17, 15) is 8.42 Å². The highest BCUT2D eigenvalue weighted by atomic mass is 35.7. The van der Waals surface area contributed by atoms with Gasteiger partial charge >= 0.3 is 0 Å². The van der Waals surface area contributed by atoms with Crippen LogP contribution in [0.15, 0.2) is 5.16 Å². The summed E-state index contributed by atoms with van der Waals surface area (Å²) in [6.45, 7) is 6.01. The van der Waals surface area contributed by atoms with Crippen LogP contribution in [-0.4, -0.2) is 35.4 Å². The van der Waals surface area contributed by atoms with Crippen LogP contribution in [0.2, 0.25) is 0 Å². The summed E-state index contributed by atoms with van der Waals surface area (Å²) in [6.07, 6.45) is 0.0848. The van der Waals surface area contributed by atoms with Crippen molar-refractivity contribution in [2.45, 2.75) is 44.1 Å². The molecule has 4 unspecified atom stereocenters. The van der Waals surface area contributed by atoms with E-state index in [-0.39, 0.29) is 29.2 Å². The van der Waals surface area contributed by atoms with Crippen LogP contribution in [-0.2, 0) is 20.8 Å². The lowest BCUT2D eigenvalue weighted by atomic mass is 9.89. The van der Waals surface area contributed by atoms with Crippen LogP contribution in [0.3, 0.4) is 0 Å². The van der Waals surface area contributed by atoms with Crippen molar-refractivity contribution in [2.24, 2.45) is 13.0 Å². The minimum Gasteiger partial charge on any atom is -0.374 e. The molecule has 0 N–H and O–H groups in total. The highest BCUT2D eigenvalue weighted by Gasteiger charge is 2.41. The lowest BCUT2D eigenvalue weighted by molar-refractivity contribution is 0.0552. The van der Waals surface area contributed by atoms with Crippen LogP contribution >= 0.6 is 10.7 Å². The van der Waals surface area contributed by atoms with Crippen molar-refractivity contribution in [2.75, 3.05) is 0 Å². The Kier molecular flexibility index (Phi) is 3.42. The normalized spacial score (nSPS) is 32.9. The molecule has 8 heteroatoms. The minimum atomic E-state index is -3.87. The van der Waals surface area contributed by atoms with Crippen LogP contribution in [0.5, 0.6) is 0 Å². The first-order valence-corrected chi connectivity index (χ1v) is 8.03. The number of hydrogen-bond donors (Lipinski definition) is 0. The van der Waals surface area contributed by atoms with E-state index in [0.717, 1.165) is 0 Å². The molecule has 2 heterocycles. The maximum absolute atomic E-state index is 11.3. The van der Waals surface area contributed by atoms with Crippen molar-refractivity contribution in [3.8, 4) is 0 Å². The highest BCUT2D eigenvalue weighted by molar-refractivity contribution is 8.13. The molecule has 0 spiro atoms. The average Bonchev–Trinajstić information content (AvgIpc) is 2.69. The molecule has 6 nitrogen and oxygen atoms in total. The van der Waals surface area contributed by atoms with Gasteiger partial charge in [-0.15, -0.1) is 10.2 Å². The fourth-order valence-corrected chi connectivity index (χ4v) is 3.50. The fourth-order valence-electron chi connectivity index (χ4n) is 2.54. The zero-order valence-electron chi connectivity index (χ0n) is 10.7. The molecule has 0 amide bonds. The third-order valence-electron chi connectivity index (χ3n) is 3.63. The smallest absolute Gasteiger partial charge is 0.296 e. The quantitative estimate of drug-likeness (QED) is 0.768. The molecule has 0 saturated carbocycles. The zero-order valence-corrected chi connectivity index (χ0v) is 12.2. The second-order valence-electron chi connectivity index (χ2n) is 4.77. The summed E-state index contributed by atoms with van der Waals surface area (Å²) >= 11 is 0. The molecule has 0 aliphatic carbocycles. The first kappa shape index (κ1) is 13.8. The van der Waals surface area contributed by atoms with E-state index in [4.69, 9.17) is 15.4 Å². The molecule has 0 radical (unpaired) electrons. The third kappa shape index (κ3) is 2.15. The molecule has 1 aromatic heterocycles. The summed E-state index contributed by atoms with van der Waals surface area (Å²) in [7, 11) is 3.04. The monoisotopic (exact) mass is 293 g/mol. The van der Waals surface area contributed by atoms with Gasteiger partial charge in [0.1, 0.15) is 5.82 Å². The largest absolute Gasteiger partial charge is 0.374 e. The molecule has 18 heavy (non-hydrogen) atoms. The molecule has 4 atom stereocenters. The predicted octanol–water partition coefficient (Wildman–Crippen LogP) is 1.27. The lowest BCUT2D eigenvalue weighted by Gasteiger charge is -2.17. The van der Waals surface area contributed by atoms with Crippen LogP contribution in [0.4, 0.5) is 0 Å². The molecular weight excluding hydrogens is 278 g/mol. The third-order valence-corrected chi connectivity index (χ3v) is 4.83. The molecule has 1 aromatic rings. The summed E-state index contributed by atoms with van der Waals surface area (Å²) in [5, 5.41) is 7.41. The number of aromatic nitrogens is 3. The SMILES string of the molecule is CC1OC(C)C(c2nnc(S(=O)(=O)Cl)n2C)C1C. The Morgan fingerprint density at radius 1 is 1.22 bits per heavy atom. The molecule has 2 rings (SSSR count). The Bertz CT molecular complexity index is 557. The maximum atomic E-state index is 11.3. The van der Waals surface area contributed by atoms with Gasteiger partial charge in [-0.3, -0.25) is 0 Å². The molecule has 1 saturated heterocycles. The van der Waals surface area contributed by atoms with Crippen LogP contribution in [0, 0.1) is 5.92 Å². The number of halogens is 1. The van der Waals surface area contributed by atoms with Crippen molar-refractivity contribution in [3.63, 3.8) is 0 Å². The molecule has 102 valence electrons. The van der Waals surface area contributed by atoms with E-state index >= 15 is 0 Å². The second-order valence-corrected chi connectivity index (χ2v) is 7.23. The Morgan fingerprint density at radius 2 is 1.83 bits per heavy atom. The predicted molar refractivity (Wildman–Crippen MR) is 66.0 cm³/mol. The van der Waals surface area contributed by atoms with Crippen molar-refractivity contribution in [1.82, 2.24) is 14.8 Å². The van der Waals surface area contributed by atoms with E-state index < -0.39 is 9.05 Å². The Labute approximate surface area is 111 Å². The van der Waals surface area contributed by atoms with Gasteiger partial charge in [0.2, 0.25) is 0 Å². The second kappa shape index (κ2) is 4.47. The maximum Gasteiger partial charge on any atom is 0.296 e. The number of rotatable bonds is 2. The van der Waals surface area contributed by atoms with Crippen molar-refractivity contribution < 1.29 is 13.2 Å².